The number of hydrogen-bond donors (Lipinski definition) is 1. The quantitative estimate of drug-likeness (QED) is 0.817. The number of rotatable bonds is 1. The average molecular weight is 264 g/mol. The van der Waals surface area contributed by atoms with Gasteiger partial charge in [-0.15, -0.1) is 12.4 Å². The maximum absolute atomic E-state index is 12.9. The highest BCUT2D eigenvalue weighted by molar-refractivity contribution is 6.31. The van der Waals surface area contributed by atoms with E-state index in [9.17, 15) is 4.39 Å². The molecule has 1 fully saturated rings. The van der Waals surface area contributed by atoms with Gasteiger partial charge < -0.3 is 5.32 Å². The second-order valence-corrected chi connectivity index (χ2v) is 4.65. The van der Waals surface area contributed by atoms with Gasteiger partial charge in [0.05, 0.1) is 0 Å². The summed E-state index contributed by atoms with van der Waals surface area (Å²) in [5, 5.41) is 3.91. The van der Waals surface area contributed by atoms with Crippen LogP contribution >= 0.6 is 24.0 Å². The van der Waals surface area contributed by atoms with Crippen LogP contribution in [0.2, 0.25) is 5.02 Å². The molecule has 1 N–H and O–H groups in total. The van der Waals surface area contributed by atoms with Crippen LogP contribution in [0, 0.1) is 11.7 Å². The van der Waals surface area contributed by atoms with Gasteiger partial charge in [0.1, 0.15) is 5.82 Å². The van der Waals surface area contributed by atoms with Gasteiger partial charge in [-0.2, -0.15) is 0 Å². The third kappa shape index (κ3) is 2.88. The van der Waals surface area contributed by atoms with Gasteiger partial charge in [0.2, 0.25) is 0 Å². The fourth-order valence-corrected chi connectivity index (χ4v) is 2.59. The summed E-state index contributed by atoms with van der Waals surface area (Å²) in [6.07, 6.45) is 1.08. The number of halogens is 3. The Morgan fingerprint density at radius 1 is 1.44 bits per heavy atom. The van der Waals surface area contributed by atoms with Crippen LogP contribution < -0.4 is 5.32 Å². The molecule has 0 amide bonds. The zero-order chi connectivity index (χ0) is 10.8. The molecule has 2 atom stereocenters. The van der Waals surface area contributed by atoms with Crippen LogP contribution in [0.4, 0.5) is 4.39 Å². The van der Waals surface area contributed by atoms with Crippen LogP contribution in [-0.2, 0) is 0 Å². The third-order valence-corrected chi connectivity index (χ3v) is 3.47. The Balaban J connectivity index is 0.00000128. The van der Waals surface area contributed by atoms with Gasteiger partial charge in [-0.3, -0.25) is 0 Å². The van der Waals surface area contributed by atoms with Gasteiger partial charge in [-0.1, -0.05) is 24.6 Å². The van der Waals surface area contributed by atoms with E-state index in [0.29, 0.717) is 16.9 Å². The lowest BCUT2D eigenvalue weighted by Gasteiger charge is -2.30. The number of piperidine rings is 1. The minimum absolute atomic E-state index is 0. The molecule has 1 aromatic carbocycles. The molecule has 0 radical (unpaired) electrons. The molecule has 4 heteroatoms. The minimum atomic E-state index is -0.259. The van der Waals surface area contributed by atoms with Crippen LogP contribution in [0.1, 0.15) is 24.8 Å². The average Bonchev–Trinajstić information content (AvgIpc) is 2.20. The lowest BCUT2D eigenvalue weighted by molar-refractivity contribution is 0.349. The monoisotopic (exact) mass is 263 g/mol. The molecule has 16 heavy (non-hydrogen) atoms. The summed E-state index contributed by atoms with van der Waals surface area (Å²) in [7, 11) is 0. The van der Waals surface area contributed by atoms with Crippen molar-refractivity contribution in [3.05, 3.63) is 34.6 Å². The van der Waals surface area contributed by atoms with E-state index in [2.05, 4.69) is 12.2 Å². The Labute approximate surface area is 107 Å². The van der Waals surface area contributed by atoms with Gasteiger partial charge in [-0.05, 0) is 49.0 Å². The van der Waals surface area contributed by atoms with E-state index < -0.39 is 0 Å². The molecular formula is C12H16Cl2FN. The number of nitrogens with one attached hydrogen (secondary N) is 1. The standard InChI is InChI=1S/C12H15ClFN.ClH/c1-8-7-15-5-4-10(8)11-3-2-9(14)6-12(11)13;/h2-3,6,8,10,15H,4-5,7H2,1H3;1H/t8-,10+;/m1./s1. The second-order valence-electron chi connectivity index (χ2n) is 4.24. The Kier molecular flexibility index (Phi) is 5.03. The van der Waals surface area contributed by atoms with E-state index >= 15 is 0 Å². The molecule has 0 aliphatic carbocycles. The van der Waals surface area contributed by atoms with Crippen LogP contribution in [-0.4, -0.2) is 13.1 Å². The van der Waals surface area contributed by atoms with E-state index in [1.165, 1.54) is 12.1 Å². The lowest BCUT2D eigenvalue weighted by Crippen LogP contribution is -2.33. The largest absolute Gasteiger partial charge is 0.316 e. The third-order valence-electron chi connectivity index (χ3n) is 3.15. The molecule has 0 bridgehead atoms. The number of hydrogen-bond acceptors (Lipinski definition) is 1. The first-order valence-electron chi connectivity index (χ1n) is 5.34. The minimum Gasteiger partial charge on any atom is -0.316 e. The highest BCUT2D eigenvalue weighted by Gasteiger charge is 2.24. The van der Waals surface area contributed by atoms with Crippen LogP contribution in [0.15, 0.2) is 18.2 Å². The van der Waals surface area contributed by atoms with Crippen molar-refractivity contribution in [3.63, 3.8) is 0 Å². The summed E-state index contributed by atoms with van der Waals surface area (Å²) in [4.78, 5) is 0. The van der Waals surface area contributed by atoms with E-state index in [1.807, 2.05) is 6.07 Å². The summed E-state index contributed by atoms with van der Waals surface area (Å²) in [5.74, 6) is 0.756. The molecule has 0 spiro atoms. The molecule has 1 saturated heterocycles. The fourth-order valence-electron chi connectivity index (χ4n) is 2.28. The first-order valence-corrected chi connectivity index (χ1v) is 5.72. The SMILES string of the molecule is C[C@@H]1CNCC[C@@H]1c1ccc(F)cc1Cl.Cl. The molecule has 0 unspecified atom stereocenters. The van der Waals surface area contributed by atoms with Crippen molar-refractivity contribution < 1.29 is 4.39 Å². The Hall–Kier alpha value is -0.310. The highest BCUT2D eigenvalue weighted by Crippen LogP contribution is 2.34. The Morgan fingerprint density at radius 2 is 2.19 bits per heavy atom. The maximum atomic E-state index is 12.9. The van der Waals surface area contributed by atoms with Gasteiger partial charge in [-0.25, -0.2) is 4.39 Å². The van der Waals surface area contributed by atoms with Crippen LogP contribution in [0.3, 0.4) is 0 Å². The summed E-state index contributed by atoms with van der Waals surface area (Å²) >= 11 is 6.07. The van der Waals surface area contributed by atoms with E-state index in [1.54, 1.807) is 0 Å². The summed E-state index contributed by atoms with van der Waals surface area (Å²) in [5.41, 5.74) is 1.09. The first kappa shape index (κ1) is 13.8. The van der Waals surface area contributed by atoms with Crippen molar-refractivity contribution in [1.82, 2.24) is 5.32 Å². The predicted octanol–water partition coefficient (Wildman–Crippen LogP) is 3.61. The Bertz CT molecular complexity index is 357. The topological polar surface area (TPSA) is 12.0 Å². The highest BCUT2D eigenvalue weighted by atomic mass is 35.5. The van der Waals surface area contributed by atoms with E-state index in [4.69, 9.17) is 11.6 Å². The predicted molar refractivity (Wildman–Crippen MR) is 68.0 cm³/mol. The van der Waals surface area contributed by atoms with Gasteiger partial charge in [0.15, 0.2) is 0 Å². The molecule has 1 aliphatic rings. The molecule has 1 aliphatic heterocycles. The van der Waals surface area contributed by atoms with E-state index in [-0.39, 0.29) is 18.2 Å². The van der Waals surface area contributed by atoms with Crippen molar-refractivity contribution in [2.45, 2.75) is 19.3 Å². The smallest absolute Gasteiger partial charge is 0.124 e. The van der Waals surface area contributed by atoms with E-state index in [0.717, 1.165) is 25.1 Å². The zero-order valence-corrected chi connectivity index (χ0v) is 10.7. The Morgan fingerprint density at radius 3 is 2.81 bits per heavy atom. The van der Waals surface area contributed by atoms with Crippen molar-refractivity contribution >= 4 is 24.0 Å². The van der Waals surface area contributed by atoms with Crippen molar-refractivity contribution in [2.75, 3.05) is 13.1 Å². The molecule has 2 rings (SSSR count). The number of benzene rings is 1. The van der Waals surface area contributed by atoms with Crippen LogP contribution in [0.5, 0.6) is 0 Å². The van der Waals surface area contributed by atoms with Crippen LogP contribution in [0.25, 0.3) is 0 Å². The van der Waals surface area contributed by atoms with Gasteiger partial charge in [0, 0.05) is 5.02 Å². The molecule has 0 aromatic heterocycles. The maximum Gasteiger partial charge on any atom is 0.124 e. The molecule has 90 valence electrons. The fraction of sp³-hybridized carbons (Fsp3) is 0.500. The van der Waals surface area contributed by atoms with Crippen molar-refractivity contribution in [2.24, 2.45) is 5.92 Å². The summed E-state index contributed by atoms with van der Waals surface area (Å²) < 4.78 is 12.9. The summed E-state index contributed by atoms with van der Waals surface area (Å²) in [6.45, 7) is 4.23. The van der Waals surface area contributed by atoms with Crippen molar-refractivity contribution in [3.8, 4) is 0 Å². The zero-order valence-electron chi connectivity index (χ0n) is 9.17. The van der Waals surface area contributed by atoms with Gasteiger partial charge in [0.25, 0.3) is 0 Å². The van der Waals surface area contributed by atoms with Crippen molar-refractivity contribution in [1.29, 1.82) is 0 Å². The lowest BCUT2D eigenvalue weighted by atomic mass is 9.82. The molecule has 1 aromatic rings. The first-order chi connectivity index (χ1) is 7.18. The molecule has 0 saturated carbocycles. The molecular weight excluding hydrogens is 248 g/mol. The normalized spacial score (nSPS) is 24.9. The second kappa shape index (κ2) is 5.85. The molecule has 1 heterocycles. The summed E-state index contributed by atoms with van der Waals surface area (Å²) in [6, 6.07) is 4.73. The van der Waals surface area contributed by atoms with Gasteiger partial charge >= 0.3 is 0 Å². The molecule has 1 nitrogen and oxygen atoms in total.